The Morgan fingerprint density at radius 3 is 0.763 bits per heavy atom. The molecule has 1 N–H and O–H groups in total. The third-order valence-corrected chi connectivity index (χ3v) is 10.9. The molecule has 230 valence electrons. The lowest BCUT2D eigenvalue weighted by Gasteiger charge is -2.28. The van der Waals surface area contributed by atoms with E-state index in [-0.39, 0.29) is 0 Å². The molecule has 0 aliphatic heterocycles. The molecule has 0 aliphatic carbocycles. The highest BCUT2D eigenvalue weighted by atomic mass is 28.4. The van der Waals surface area contributed by atoms with E-state index in [4.69, 9.17) is 18.4 Å². The minimum absolute atomic E-state index is 0.367. The van der Waals surface area contributed by atoms with Crippen LogP contribution in [0.4, 0.5) is 0 Å². The van der Waals surface area contributed by atoms with Crippen molar-refractivity contribution in [2.75, 3.05) is 26.4 Å². The zero-order valence-corrected chi connectivity index (χ0v) is 27.4. The first kappa shape index (κ1) is 38.1. The maximum Gasteiger partial charge on any atom is 0.500 e. The molecule has 5 heteroatoms. The smallest absolute Gasteiger partial charge is 0.396 e. The lowest BCUT2D eigenvalue weighted by atomic mass is 10.0. The fraction of sp³-hybridized carbons (Fsp3) is 1.00. The fourth-order valence-electron chi connectivity index (χ4n) is 5.52. The Hall–Kier alpha value is 0.0569. The van der Waals surface area contributed by atoms with Crippen molar-refractivity contribution in [3.05, 3.63) is 0 Å². The van der Waals surface area contributed by atoms with E-state index in [1.54, 1.807) is 0 Å². The van der Waals surface area contributed by atoms with Crippen LogP contribution in [0.5, 0.6) is 0 Å². The highest BCUT2D eigenvalue weighted by Gasteiger charge is 2.39. The molecule has 0 aromatic carbocycles. The molecule has 38 heavy (non-hydrogen) atoms. The summed E-state index contributed by atoms with van der Waals surface area (Å²) in [4.78, 5) is 0. The number of aliphatic hydroxyl groups is 1. The van der Waals surface area contributed by atoms with E-state index in [0.29, 0.717) is 26.4 Å². The van der Waals surface area contributed by atoms with Crippen LogP contribution in [-0.2, 0) is 13.3 Å². The van der Waals surface area contributed by atoms with Gasteiger partial charge in [-0.05, 0) is 33.6 Å². The Balaban J connectivity index is 3.28. The van der Waals surface area contributed by atoms with Gasteiger partial charge in [0.25, 0.3) is 0 Å². The summed E-state index contributed by atoms with van der Waals surface area (Å²) >= 11 is 0. The molecule has 0 amide bonds. The van der Waals surface area contributed by atoms with Gasteiger partial charge in [0.1, 0.15) is 0 Å². The quantitative estimate of drug-likeness (QED) is 0.0642. The van der Waals surface area contributed by atoms with Gasteiger partial charge in [0.2, 0.25) is 0 Å². The Morgan fingerprint density at radius 1 is 0.342 bits per heavy atom. The summed E-state index contributed by atoms with van der Waals surface area (Å²) in [7, 11) is -2.42. The number of rotatable bonds is 33. The van der Waals surface area contributed by atoms with Crippen molar-refractivity contribution in [3.63, 3.8) is 0 Å². The van der Waals surface area contributed by atoms with Gasteiger partial charge in [0.15, 0.2) is 0 Å². The second kappa shape index (κ2) is 31.6. The van der Waals surface area contributed by atoms with Gasteiger partial charge in [0.05, 0.1) is 0 Å². The zero-order chi connectivity index (χ0) is 27.8. The molecule has 0 rings (SSSR count). The summed E-state index contributed by atoms with van der Waals surface area (Å²) < 4.78 is 17.9. The third kappa shape index (κ3) is 26.3. The Morgan fingerprint density at radius 2 is 0.553 bits per heavy atom. The molecule has 4 nitrogen and oxygen atoms in total. The van der Waals surface area contributed by atoms with Crippen LogP contribution < -0.4 is 0 Å². The SMILES string of the molecule is CCO[Si](CCCCCCCCCCCCCCCCCCCCCCCCCCCO)(OCC)OCC. The first-order chi connectivity index (χ1) is 18.7. The number of hydrogen-bond acceptors (Lipinski definition) is 4. The van der Waals surface area contributed by atoms with Crippen LogP contribution in [0.25, 0.3) is 0 Å². The Bertz CT molecular complexity index is 418. The first-order valence-electron chi connectivity index (χ1n) is 17.3. The molecule has 0 aromatic rings. The monoisotopic (exact) mass is 559 g/mol. The molecule has 0 atom stereocenters. The van der Waals surface area contributed by atoms with E-state index in [1.807, 2.05) is 20.8 Å². The molecule has 0 saturated heterocycles. The lowest BCUT2D eigenvalue weighted by molar-refractivity contribution is 0.0706. The summed E-state index contributed by atoms with van der Waals surface area (Å²) in [6.45, 7) is 8.53. The van der Waals surface area contributed by atoms with Crippen LogP contribution in [-0.4, -0.2) is 40.3 Å². The van der Waals surface area contributed by atoms with E-state index in [0.717, 1.165) is 12.5 Å². The molecule has 0 unspecified atom stereocenters. The lowest BCUT2D eigenvalue weighted by Crippen LogP contribution is -2.45. The van der Waals surface area contributed by atoms with Gasteiger partial charge in [-0.1, -0.05) is 148 Å². The number of unbranched alkanes of at least 4 members (excludes halogenated alkanes) is 24. The molecular weight excluding hydrogens is 488 g/mol. The Labute approximate surface area is 240 Å². The van der Waals surface area contributed by atoms with Crippen molar-refractivity contribution < 1.29 is 18.4 Å². The van der Waals surface area contributed by atoms with Crippen molar-refractivity contribution in [1.82, 2.24) is 0 Å². The highest BCUT2D eigenvalue weighted by molar-refractivity contribution is 6.60. The van der Waals surface area contributed by atoms with Gasteiger partial charge in [-0.3, -0.25) is 0 Å². The van der Waals surface area contributed by atoms with Gasteiger partial charge < -0.3 is 18.4 Å². The number of hydrogen-bond donors (Lipinski definition) is 1. The predicted octanol–water partition coefficient (Wildman–Crippen LogP) is 10.8. The standard InChI is InChI=1S/C33H70O4Si/c1-4-35-38(36-5-2,37-6-3)33-31-29-27-25-23-21-19-17-15-13-11-9-7-8-10-12-14-16-18-20-22-24-26-28-30-32-34/h34H,4-33H2,1-3H3. The molecule has 0 bridgehead atoms. The highest BCUT2D eigenvalue weighted by Crippen LogP contribution is 2.21. The van der Waals surface area contributed by atoms with Crippen molar-refractivity contribution in [3.8, 4) is 0 Å². The normalized spacial score (nSPS) is 12.0. The zero-order valence-electron chi connectivity index (χ0n) is 26.4. The topological polar surface area (TPSA) is 47.9 Å². The molecule has 0 saturated carbocycles. The molecule has 0 spiro atoms. The molecular formula is C33H70O4Si. The average molecular weight is 559 g/mol. The number of aliphatic hydroxyl groups excluding tert-OH is 1. The maximum absolute atomic E-state index is 8.78. The van der Waals surface area contributed by atoms with Gasteiger partial charge in [-0.15, -0.1) is 0 Å². The minimum Gasteiger partial charge on any atom is -0.396 e. The average Bonchev–Trinajstić information content (AvgIpc) is 2.91. The van der Waals surface area contributed by atoms with Crippen LogP contribution in [0.2, 0.25) is 6.04 Å². The van der Waals surface area contributed by atoms with Crippen molar-refractivity contribution in [2.24, 2.45) is 0 Å². The van der Waals surface area contributed by atoms with Crippen molar-refractivity contribution in [2.45, 2.75) is 187 Å². The molecule has 0 radical (unpaired) electrons. The summed E-state index contributed by atoms with van der Waals surface area (Å²) in [5, 5.41) is 8.78. The van der Waals surface area contributed by atoms with Crippen molar-refractivity contribution in [1.29, 1.82) is 0 Å². The third-order valence-electron chi connectivity index (χ3n) is 7.73. The summed E-state index contributed by atoms with van der Waals surface area (Å²) in [5.74, 6) is 0. The largest absolute Gasteiger partial charge is 0.500 e. The summed E-state index contributed by atoms with van der Waals surface area (Å²) in [5.41, 5.74) is 0. The molecule has 0 aliphatic rings. The van der Waals surface area contributed by atoms with E-state index in [2.05, 4.69) is 0 Å². The van der Waals surface area contributed by atoms with E-state index in [9.17, 15) is 0 Å². The van der Waals surface area contributed by atoms with Crippen molar-refractivity contribution >= 4 is 8.80 Å². The van der Waals surface area contributed by atoms with Crippen LogP contribution in [0.1, 0.15) is 181 Å². The minimum atomic E-state index is -2.42. The van der Waals surface area contributed by atoms with Crippen LogP contribution >= 0.6 is 0 Å². The van der Waals surface area contributed by atoms with Gasteiger partial charge in [-0.25, -0.2) is 0 Å². The fourth-order valence-corrected chi connectivity index (χ4v) is 8.21. The van der Waals surface area contributed by atoms with Gasteiger partial charge >= 0.3 is 8.80 Å². The molecule has 0 heterocycles. The van der Waals surface area contributed by atoms with Crippen LogP contribution in [0, 0.1) is 0 Å². The maximum atomic E-state index is 8.78. The van der Waals surface area contributed by atoms with E-state index >= 15 is 0 Å². The van der Waals surface area contributed by atoms with Crippen LogP contribution in [0.15, 0.2) is 0 Å². The molecule has 0 fully saturated rings. The second-order valence-corrected chi connectivity index (χ2v) is 14.0. The van der Waals surface area contributed by atoms with Gasteiger partial charge in [-0.2, -0.15) is 0 Å². The predicted molar refractivity (Wildman–Crippen MR) is 168 cm³/mol. The summed E-state index contributed by atoms with van der Waals surface area (Å²) in [6, 6.07) is 0.969. The Kier molecular flexibility index (Phi) is 31.6. The first-order valence-corrected chi connectivity index (χ1v) is 19.2. The second-order valence-electron chi connectivity index (χ2n) is 11.3. The summed E-state index contributed by atoms with van der Waals surface area (Å²) in [6.07, 6.45) is 34.5. The van der Waals surface area contributed by atoms with E-state index in [1.165, 1.54) is 154 Å². The van der Waals surface area contributed by atoms with Crippen LogP contribution in [0.3, 0.4) is 0 Å². The molecule has 0 aromatic heterocycles. The van der Waals surface area contributed by atoms with E-state index < -0.39 is 8.80 Å². The van der Waals surface area contributed by atoms with Gasteiger partial charge in [0, 0.05) is 32.5 Å².